The maximum atomic E-state index is 12.0. The van der Waals surface area contributed by atoms with Gasteiger partial charge in [-0.1, -0.05) is 0 Å². The van der Waals surface area contributed by atoms with Crippen molar-refractivity contribution >= 4 is 28.9 Å². The predicted octanol–water partition coefficient (Wildman–Crippen LogP) is 2.97. The van der Waals surface area contributed by atoms with Gasteiger partial charge in [-0.05, 0) is 64.9 Å². The molecule has 1 saturated carbocycles. The van der Waals surface area contributed by atoms with Gasteiger partial charge in [0.1, 0.15) is 18.2 Å². The Morgan fingerprint density at radius 3 is 2.69 bits per heavy atom. The summed E-state index contributed by atoms with van der Waals surface area (Å²) < 4.78 is 6.24. The Morgan fingerprint density at radius 2 is 1.91 bits per heavy atom. The van der Waals surface area contributed by atoms with Gasteiger partial charge in [-0.15, -0.1) is 0 Å². The van der Waals surface area contributed by atoms with Gasteiger partial charge >= 0.3 is 0 Å². The molecule has 2 saturated heterocycles. The van der Waals surface area contributed by atoms with Crippen molar-refractivity contribution in [3.63, 3.8) is 0 Å². The molecule has 6 rings (SSSR count). The van der Waals surface area contributed by atoms with E-state index in [9.17, 15) is 4.79 Å². The standard InChI is InChI=1S/C26H35N7O2/c1-17(34)22-14-27-26(30-25(22)28-18-3-4-18)29-19-5-6-23-24(13-19)35-16-21-15-32(11-12-33(21)23)20-7-9-31(2)10-8-20/h5-6,13-14,18,20-21H,3-4,7-12,15-16H2,1-2H3,(H2,27,28,29,30)/t21-/m0/s1. The highest BCUT2D eigenvalue weighted by Crippen LogP contribution is 2.38. The fraction of sp³-hybridized carbons (Fsp3) is 0.577. The van der Waals surface area contributed by atoms with Gasteiger partial charge in [0.15, 0.2) is 5.78 Å². The quantitative estimate of drug-likeness (QED) is 0.610. The van der Waals surface area contributed by atoms with Gasteiger partial charge in [-0.2, -0.15) is 4.98 Å². The maximum absolute atomic E-state index is 12.0. The summed E-state index contributed by atoms with van der Waals surface area (Å²) in [6.45, 7) is 7.86. The zero-order chi connectivity index (χ0) is 23.9. The van der Waals surface area contributed by atoms with E-state index in [0.29, 0.717) is 42.1 Å². The lowest BCUT2D eigenvalue weighted by molar-refractivity contribution is 0.0868. The van der Waals surface area contributed by atoms with E-state index in [1.54, 1.807) is 13.1 Å². The second kappa shape index (κ2) is 9.28. The molecule has 2 aromatic rings. The van der Waals surface area contributed by atoms with Crippen LogP contribution in [-0.2, 0) is 0 Å². The number of nitrogens with zero attached hydrogens (tertiary/aromatic N) is 5. The Morgan fingerprint density at radius 1 is 1.09 bits per heavy atom. The van der Waals surface area contributed by atoms with E-state index in [0.717, 1.165) is 43.9 Å². The number of rotatable bonds is 6. The molecule has 35 heavy (non-hydrogen) atoms. The first-order valence-electron chi connectivity index (χ1n) is 12.9. The third kappa shape index (κ3) is 4.79. The molecule has 0 bridgehead atoms. The number of nitrogens with one attached hydrogen (secondary N) is 2. The number of carbonyl (C=O) groups excluding carboxylic acids is 1. The third-order valence-electron chi connectivity index (χ3n) is 7.76. The van der Waals surface area contributed by atoms with E-state index >= 15 is 0 Å². The number of likely N-dealkylation sites (tertiary alicyclic amines) is 1. The minimum absolute atomic E-state index is 0.0349. The molecule has 0 amide bonds. The molecular weight excluding hydrogens is 442 g/mol. The van der Waals surface area contributed by atoms with Gasteiger partial charge in [-0.3, -0.25) is 9.69 Å². The highest BCUT2D eigenvalue weighted by Gasteiger charge is 2.36. The zero-order valence-electron chi connectivity index (χ0n) is 20.7. The number of benzene rings is 1. The lowest BCUT2D eigenvalue weighted by Gasteiger charge is -2.48. The molecule has 4 heterocycles. The molecule has 9 heteroatoms. The number of fused-ring (bicyclic) bond motifs is 3. The van der Waals surface area contributed by atoms with E-state index in [4.69, 9.17) is 4.74 Å². The van der Waals surface area contributed by atoms with E-state index in [2.05, 4.69) is 54.5 Å². The molecule has 9 nitrogen and oxygen atoms in total. The van der Waals surface area contributed by atoms with E-state index in [1.807, 2.05) is 6.07 Å². The van der Waals surface area contributed by atoms with Gasteiger partial charge in [0.2, 0.25) is 5.95 Å². The Labute approximate surface area is 206 Å². The highest BCUT2D eigenvalue weighted by atomic mass is 16.5. The number of carbonyl (C=O) groups is 1. The Hall–Kier alpha value is -2.91. The summed E-state index contributed by atoms with van der Waals surface area (Å²) in [5, 5.41) is 6.65. The Kier molecular flexibility index (Phi) is 5.98. The number of hydrogen-bond donors (Lipinski definition) is 2. The fourth-order valence-electron chi connectivity index (χ4n) is 5.52. The van der Waals surface area contributed by atoms with Crippen LogP contribution < -0.4 is 20.3 Å². The molecule has 0 radical (unpaired) electrons. The van der Waals surface area contributed by atoms with Crippen molar-refractivity contribution in [2.24, 2.45) is 0 Å². The van der Waals surface area contributed by atoms with E-state index in [1.165, 1.54) is 31.6 Å². The molecule has 186 valence electrons. The summed E-state index contributed by atoms with van der Waals surface area (Å²) in [4.78, 5) is 28.6. The van der Waals surface area contributed by atoms with Gasteiger partial charge in [0.05, 0.1) is 17.3 Å². The van der Waals surface area contributed by atoms with Crippen LogP contribution in [-0.4, -0.2) is 90.1 Å². The highest BCUT2D eigenvalue weighted by molar-refractivity contribution is 5.98. The Bertz CT molecular complexity index is 1100. The van der Waals surface area contributed by atoms with Gasteiger partial charge < -0.3 is 25.2 Å². The summed E-state index contributed by atoms with van der Waals surface area (Å²) in [7, 11) is 2.22. The first-order chi connectivity index (χ1) is 17.0. The van der Waals surface area contributed by atoms with Gasteiger partial charge in [0.25, 0.3) is 0 Å². The minimum Gasteiger partial charge on any atom is -0.489 e. The summed E-state index contributed by atoms with van der Waals surface area (Å²) in [5.74, 6) is 1.94. The summed E-state index contributed by atoms with van der Waals surface area (Å²) in [6.07, 6.45) is 6.36. The largest absolute Gasteiger partial charge is 0.489 e. The molecule has 3 fully saturated rings. The molecule has 0 spiro atoms. The average Bonchev–Trinajstić information content (AvgIpc) is 3.68. The van der Waals surface area contributed by atoms with Crippen molar-refractivity contribution in [2.45, 2.75) is 50.7 Å². The molecule has 0 unspecified atom stereocenters. The normalized spacial score (nSPS) is 23.3. The smallest absolute Gasteiger partial charge is 0.229 e. The van der Waals surface area contributed by atoms with Crippen molar-refractivity contribution in [2.75, 3.05) is 61.9 Å². The zero-order valence-corrected chi connectivity index (χ0v) is 20.7. The first-order valence-corrected chi connectivity index (χ1v) is 12.9. The van der Waals surface area contributed by atoms with Crippen molar-refractivity contribution in [3.8, 4) is 5.75 Å². The van der Waals surface area contributed by atoms with Crippen LogP contribution in [0.4, 0.5) is 23.1 Å². The number of anilines is 4. The molecule has 2 N–H and O–H groups in total. The van der Waals surface area contributed by atoms with Crippen LogP contribution in [0.25, 0.3) is 0 Å². The average molecular weight is 478 g/mol. The number of Topliss-reactive ketones (excluding diaryl/α,β-unsaturated/α-hetero) is 1. The monoisotopic (exact) mass is 477 g/mol. The van der Waals surface area contributed by atoms with Crippen molar-refractivity contribution in [3.05, 3.63) is 30.0 Å². The molecule has 1 aromatic heterocycles. The van der Waals surface area contributed by atoms with Gasteiger partial charge in [-0.25, -0.2) is 4.98 Å². The van der Waals surface area contributed by atoms with Crippen LogP contribution in [0, 0.1) is 0 Å². The van der Waals surface area contributed by atoms with E-state index < -0.39 is 0 Å². The van der Waals surface area contributed by atoms with E-state index in [-0.39, 0.29) is 5.78 Å². The number of hydrogen-bond acceptors (Lipinski definition) is 9. The number of piperazine rings is 1. The summed E-state index contributed by atoms with van der Waals surface area (Å²) >= 11 is 0. The molecule has 1 aliphatic carbocycles. The molecule has 3 aliphatic heterocycles. The number of piperidine rings is 1. The summed E-state index contributed by atoms with van der Waals surface area (Å²) in [5.41, 5.74) is 2.57. The Balaban J connectivity index is 1.14. The SMILES string of the molecule is CC(=O)c1cnc(Nc2ccc3c(c2)OC[C@@H]2CN(C4CCN(C)CC4)CCN32)nc1NC1CC1. The summed E-state index contributed by atoms with van der Waals surface area (Å²) in [6, 6.07) is 7.74. The van der Waals surface area contributed by atoms with Crippen LogP contribution >= 0.6 is 0 Å². The van der Waals surface area contributed by atoms with Crippen molar-refractivity contribution in [1.82, 2.24) is 19.8 Å². The molecule has 4 aliphatic rings. The lowest BCUT2D eigenvalue weighted by Crippen LogP contribution is -2.60. The van der Waals surface area contributed by atoms with Crippen LogP contribution in [0.5, 0.6) is 5.75 Å². The second-order valence-corrected chi connectivity index (χ2v) is 10.4. The number of aromatic nitrogens is 2. The van der Waals surface area contributed by atoms with Crippen LogP contribution in [0.2, 0.25) is 0 Å². The molecule has 1 atom stereocenters. The molecular formula is C26H35N7O2. The fourth-order valence-corrected chi connectivity index (χ4v) is 5.52. The maximum Gasteiger partial charge on any atom is 0.229 e. The van der Waals surface area contributed by atoms with Crippen LogP contribution in [0.15, 0.2) is 24.4 Å². The number of ketones is 1. The van der Waals surface area contributed by atoms with Crippen molar-refractivity contribution in [1.29, 1.82) is 0 Å². The second-order valence-electron chi connectivity index (χ2n) is 10.4. The van der Waals surface area contributed by atoms with Crippen molar-refractivity contribution < 1.29 is 9.53 Å². The first kappa shape index (κ1) is 22.5. The predicted molar refractivity (Wildman–Crippen MR) is 137 cm³/mol. The van der Waals surface area contributed by atoms with Crippen LogP contribution in [0.3, 0.4) is 0 Å². The van der Waals surface area contributed by atoms with Gasteiger partial charge in [0, 0.05) is 49.7 Å². The topological polar surface area (TPSA) is 85.9 Å². The lowest BCUT2D eigenvalue weighted by atomic mass is 10.00. The third-order valence-corrected chi connectivity index (χ3v) is 7.76. The van der Waals surface area contributed by atoms with Crippen LogP contribution in [0.1, 0.15) is 43.0 Å². The molecule has 1 aromatic carbocycles. The number of ether oxygens (including phenoxy) is 1. The minimum atomic E-state index is -0.0349.